The molecule has 3 nitrogen and oxygen atoms in total. The zero-order valence-electron chi connectivity index (χ0n) is 9.53. The molecule has 15 heavy (non-hydrogen) atoms. The van der Waals surface area contributed by atoms with Gasteiger partial charge in [-0.05, 0) is 36.7 Å². The van der Waals surface area contributed by atoms with Gasteiger partial charge < -0.3 is 10.4 Å². The molecule has 2 N–H and O–H groups in total. The Hall–Kier alpha value is -0.220. The van der Waals surface area contributed by atoms with Crippen molar-refractivity contribution in [3.63, 3.8) is 0 Å². The summed E-state index contributed by atoms with van der Waals surface area (Å²) in [7, 11) is 0. The summed E-state index contributed by atoms with van der Waals surface area (Å²) in [5.74, 6) is 2.05. The molecule has 0 saturated heterocycles. The first-order chi connectivity index (χ1) is 7.09. The minimum atomic E-state index is -0.702. The number of carboxylic acid groups (broad SMARTS) is 1. The lowest BCUT2D eigenvalue weighted by molar-refractivity contribution is -0.139. The summed E-state index contributed by atoms with van der Waals surface area (Å²) in [4.78, 5) is 10.9. The number of hydrogen-bond donors (Lipinski definition) is 2. The van der Waals surface area contributed by atoms with Crippen LogP contribution in [-0.2, 0) is 4.79 Å². The van der Waals surface area contributed by atoms with E-state index in [1.165, 1.54) is 0 Å². The Kier molecular flexibility index (Phi) is 5.47. The number of carboxylic acids is 1. The fourth-order valence-corrected chi connectivity index (χ4v) is 2.37. The SMILES string of the molecule is CC(C)CSCCC(NC1CC1)C(=O)O. The highest BCUT2D eigenvalue weighted by Crippen LogP contribution is 2.20. The number of thioether (sulfide) groups is 1. The molecular weight excluding hydrogens is 210 g/mol. The number of carbonyl (C=O) groups is 1. The van der Waals surface area contributed by atoms with Gasteiger partial charge in [0.15, 0.2) is 0 Å². The molecule has 0 heterocycles. The average Bonchev–Trinajstić information content (AvgIpc) is 2.93. The van der Waals surface area contributed by atoms with Crippen LogP contribution in [-0.4, -0.2) is 34.7 Å². The molecule has 0 radical (unpaired) electrons. The van der Waals surface area contributed by atoms with Crippen LogP contribution in [0.15, 0.2) is 0 Å². The molecule has 0 aromatic rings. The summed E-state index contributed by atoms with van der Waals surface area (Å²) in [5.41, 5.74) is 0. The smallest absolute Gasteiger partial charge is 0.320 e. The molecule has 0 amide bonds. The largest absolute Gasteiger partial charge is 0.480 e. The van der Waals surface area contributed by atoms with Crippen molar-refractivity contribution in [2.75, 3.05) is 11.5 Å². The molecule has 1 atom stereocenters. The Morgan fingerprint density at radius 3 is 2.67 bits per heavy atom. The van der Waals surface area contributed by atoms with Crippen molar-refractivity contribution in [2.24, 2.45) is 5.92 Å². The van der Waals surface area contributed by atoms with Gasteiger partial charge in [0.25, 0.3) is 0 Å². The Morgan fingerprint density at radius 1 is 1.53 bits per heavy atom. The van der Waals surface area contributed by atoms with E-state index in [0.29, 0.717) is 12.0 Å². The second-order valence-corrected chi connectivity index (χ2v) is 5.74. The first-order valence-electron chi connectivity index (χ1n) is 5.66. The molecule has 1 rings (SSSR count). The van der Waals surface area contributed by atoms with Crippen molar-refractivity contribution in [1.29, 1.82) is 0 Å². The minimum absolute atomic E-state index is 0.336. The van der Waals surface area contributed by atoms with Crippen molar-refractivity contribution in [2.45, 2.75) is 45.2 Å². The third-order valence-corrected chi connectivity index (χ3v) is 3.74. The molecule has 4 heteroatoms. The van der Waals surface area contributed by atoms with Gasteiger partial charge in [-0.3, -0.25) is 4.79 Å². The monoisotopic (exact) mass is 231 g/mol. The van der Waals surface area contributed by atoms with Gasteiger partial charge in [0.1, 0.15) is 6.04 Å². The number of hydrogen-bond acceptors (Lipinski definition) is 3. The van der Waals surface area contributed by atoms with Crippen molar-refractivity contribution in [1.82, 2.24) is 5.32 Å². The molecule has 1 unspecified atom stereocenters. The van der Waals surface area contributed by atoms with Gasteiger partial charge in [-0.1, -0.05) is 13.8 Å². The molecule has 0 bridgehead atoms. The van der Waals surface area contributed by atoms with Crippen LogP contribution in [0, 0.1) is 5.92 Å². The molecule has 1 saturated carbocycles. The Balaban J connectivity index is 2.10. The molecule has 0 aliphatic heterocycles. The van der Waals surface area contributed by atoms with Crippen LogP contribution >= 0.6 is 11.8 Å². The minimum Gasteiger partial charge on any atom is -0.480 e. The van der Waals surface area contributed by atoms with Gasteiger partial charge in [0.05, 0.1) is 0 Å². The van der Waals surface area contributed by atoms with Gasteiger partial charge >= 0.3 is 5.97 Å². The van der Waals surface area contributed by atoms with E-state index in [9.17, 15) is 4.79 Å². The van der Waals surface area contributed by atoms with Crippen LogP contribution in [0.2, 0.25) is 0 Å². The third-order valence-electron chi connectivity index (χ3n) is 2.31. The van der Waals surface area contributed by atoms with E-state index >= 15 is 0 Å². The highest BCUT2D eigenvalue weighted by molar-refractivity contribution is 7.99. The first-order valence-corrected chi connectivity index (χ1v) is 6.81. The standard InChI is InChI=1S/C11H21NO2S/c1-8(2)7-15-6-5-10(11(13)14)12-9-3-4-9/h8-10,12H,3-7H2,1-2H3,(H,13,14). The number of aliphatic carboxylic acids is 1. The zero-order chi connectivity index (χ0) is 11.3. The Bertz CT molecular complexity index is 205. The van der Waals surface area contributed by atoms with Gasteiger partial charge in [-0.2, -0.15) is 11.8 Å². The highest BCUT2D eigenvalue weighted by atomic mass is 32.2. The third kappa shape index (κ3) is 6.05. The summed E-state index contributed by atoms with van der Waals surface area (Å²) in [5, 5.41) is 12.2. The normalized spacial score (nSPS) is 18.1. The van der Waals surface area contributed by atoms with Crippen molar-refractivity contribution >= 4 is 17.7 Å². The van der Waals surface area contributed by atoms with Gasteiger partial charge in [0.2, 0.25) is 0 Å². The molecule has 1 fully saturated rings. The fraction of sp³-hybridized carbons (Fsp3) is 0.909. The van der Waals surface area contributed by atoms with Gasteiger partial charge in [0, 0.05) is 6.04 Å². The summed E-state index contributed by atoms with van der Waals surface area (Å²) in [6, 6.07) is 0.137. The van der Waals surface area contributed by atoms with E-state index in [4.69, 9.17) is 5.11 Å². The number of rotatable bonds is 8. The predicted molar refractivity (Wildman–Crippen MR) is 64.4 cm³/mol. The van der Waals surface area contributed by atoms with Crippen LogP contribution in [0.5, 0.6) is 0 Å². The van der Waals surface area contributed by atoms with Crippen molar-refractivity contribution in [3.05, 3.63) is 0 Å². The maximum absolute atomic E-state index is 10.9. The van der Waals surface area contributed by atoms with Gasteiger partial charge in [-0.15, -0.1) is 0 Å². The molecule has 1 aliphatic rings. The first kappa shape index (κ1) is 12.8. The van der Waals surface area contributed by atoms with Crippen molar-refractivity contribution in [3.8, 4) is 0 Å². The molecule has 88 valence electrons. The fourth-order valence-electron chi connectivity index (χ4n) is 1.33. The average molecular weight is 231 g/mol. The van der Waals surface area contributed by atoms with E-state index in [1.54, 1.807) is 0 Å². The topological polar surface area (TPSA) is 49.3 Å². The lowest BCUT2D eigenvalue weighted by Gasteiger charge is -2.13. The van der Waals surface area contributed by atoms with Crippen LogP contribution < -0.4 is 5.32 Å². The van der Waals surface area contributed by atoms with E-state index in [1.807, 2.05) is 11.8 Å². The molecule has 0 aromatic heterocycles. The molecular formula is C11H21NO2S. The summed E-state index contributed by atoms with van der Waals surface area (Å²) in [6.07, 6.45) is 3.02. The number of nitrogens with one attached hydrogen (secondary N) is 1. The second kappa shape index (κ2) is 6.38. The van der Waals surface area contributed by atoms with Crippen molar-refractivity contribution < 1.29 is 9.90 Å². The molecule has 1 aliphatic carbocycles. The second-order valence-electron chi connectivity index (χ2n) is 4.59. The summed E-state index contributed by atoms with van der Waals surface area (Å²) >= 11 is 1.85. The Labute approximate surface area is 96.0 Å². The highest BCUT2D eigenvalue weighted by Gasteiger charge is 2.27. The van der Waals surface area contributed by atoms with E-state index in [2.05, 4.69) is 19.2 Å². The van der Waals surface area contributed by atoms with E-state index in [-0.39, 0.29) is 6.04 Å². The van der Waals surface area contributed by atoms with Crippen LogP contribution in [0.25, 0.3) is 0 Å². The lowest BCUT2D eigenvalue weighted by atomic mass is 10.2. The zero-order valence-corrected chi connectivity index (χ0v) is 10.3. The maximum Gasteiger partial charge on any atom is 0.320 e. The predicted octanol–water partition coefficient (Wildman–Crippen LogP) is 1.97. The van der Waals surface area contributed by atoms with Gasteiger partial charge in [-0.25, -0.2) is 0 Å². The molecule has 0 aromatic carbocycles. The summed E-state index contributed by atoms with van der Waals surface area (Å²) in [6.45, 7) is 4.37. The van der Waals surface area contributed by atoms with Crippen LogP contribution in [0.3, 0.4) is 0 Å². The van der Waals surface area contributed by atoms with Crippen LogP contribution in [0.4, 0.5) is 0 Å². The van der Waals surface area contributed by atoms with E-state index in [0.717, 1.165) is 30.8 Å². The maximum atomic E-state index is 10.9. The van der Waals surface area contributed by atoms with Crippen LogP contribution in [0.1, 0.15) is 33.1 Å². The molecule has 0 spiro atoms. The van der Waals surface area contributed by atoms with E-state index < -0.39 is 5.97 Å². The quantitative estimate of drug-likeness (QED) is 0.627. The lowest BCUT2D eigenvalue weighted by Crippen LogP contribution is -2.38. The Morgan fingerprint density at radius 2 is 2.20 bits per heavy atom. The summed E-state index contributed by atoms with van der Waals surface area (Å²) < 4.78 is 0.